The van der Waals surface area contributed by atoms with E-state index in [-0.39, 0.29) is 29.7 Å². The van der Waals surface area contributed by atoms with Crippen molar-refractivity contribution in [3.8, 4) is 17.0 Å². The Hall–Kier alpha value is -3.88. The number of hydrogen-bond acceptors (Lipinski definition) is 6. The summed E-state index contributed by atoms with van der Waals surface area (Å²) in [6.45, 7) is 1.42. The van der Waals surface area contributed by atoms with Gasteiger partial charge in [-0.25, -0.2) is 4.68 Å². The van der Waals surface area contributed by atoms with Crippen molar-refractivity contribution in [2.45, 2.75) is 6.54 Å². The van der Waals surface area contributed by atoms with Crippen LogP contribution in [0.15, 0.2) is 64.0 Å². The molecule has 0 N–H and O–H groups in total. The Morgan fingerprint density at radius 2 is 1.71 bits per heavy atom. The van der Waals surface area contributed by atoms with Gasteiger partial charge in [0.25, 0.3) is 11.5 Å². The summed E-state index contributed by atoms with van der Waals surface area (Å²) in [4.78, 5) is 40.6. The number of amides is 2. The number of ether oxygens (including phenoxy) is 1. The van der Waals surface area contributed by atoms with Crippen LogP contribution in [-0.4, -0.2) is 64.7 Å². The monoisotopic (exact) mass is 422 g/mol. The second-order valence-electron chi connectivity index (χ2n) is 7.09. The minimum absolute atomic E-state index is 0.158. The molecule has 3 aromatic rings. The van der Waals surface area contributed by atoms with Crippen LogP contribution < -0.4 is 10.3 Å². The van der Waals surface area contributed by atoms with Crippen molar-refractivity contribution >= 4 is 11.8 Å². The Bertz CT molecular complexity index is 1110. The molecule has 2 amide bonds. The molecule has 0 radical (unpaired) electrons. The largest absolute Gasteiger partial charge is 0.497 e. The normalized spacial score (nSPS) is 13.8. The van der Waals surface area contributed by atoms with Crippen molar-refractivity contribution in [2.24, 2.45) is 0 Å². The number of carbonyl (C=O) groups is 2. The van der Waals surface area contributed by atoms with Crippen molar-refractivity contribution in [1.29, 1.82) is 0 Å². The zero-order valence-corrected chi connectivity index (χ0v) is 17.1. The highest BCUT2D eigenvalue weighted by molar-refractivity contribution is 5.91. The molecule has 2 aromatic heterocycles. The van der Waals surface area contributed by atoms with Crippen LogP contribution in [0.2, 0.25) is 0 Å². The maximum absolute atomic E-state index is 12.7. The third kappa shape index (κ3) is 4.50. The zero-order chi connectivity index (χ0) is 21.8. The number of aromatic nitrogens is 2. The molecule has 3 heterocycles. The van der Waals surface area contributed by atoms with E-state index >= 15 is 0 Å². The third-order valence-electron chi connectivity index (χ3n) is 5.19. The predicted molar refractivity (Wildman–Crippen MR) is 112 cm³/mol. The van der Waals surface area contributed by atoms with E-state index in [2.05, 4.69) is 5.10 Å². The van der Waals surface area contributed by atoms with Crippen molar-refractivity contribution in [2.75, 3.05) is 33.3 Å². The van der Waals surface area contributed by atoms with Gasteiger partial charge in [0.15, 0.2) is 5.76 Å². The van der Waals surface area contributed by atoms with E-state index in [0.29, 0.717) is 31.9 Å². The number of hydrogen-bond donors (Lipinski definition) is 0. The highest BCUT2D eigenvalue weighted by Crippen LogP contribution is 2.19. The lowest BCUT2D eigenvalue weighted by Gasteiger charge is -2.34. The molecule has 160 valence electrons. The fraction of sp³-hybridized carbons (Fsp3) is 0.273. The van der Waals surface area contributed by atoms with Crippen LogP contribution in [0.5, 0.6) is 5.75 Å². The van der Waals surface area contributed by atoms with Gasteiger partial charge in [0.2, 0.25) is 5.91 Å². The van der Waals surface area contributed by atoms with Crippen molar-refractivity contribution in [3.63, 3.8) is 0 Å². The first-order chi connectivity index (χ1) is 15.0. The lowest BCUT2D eigenvalue weighted by molar-refractivity contribution is -0.133. The molecule has 1 aliphatic heterocycles. The quantitative estimate of drug-likeness (QED) is 0.618. The van der Waals surface area contributed by atoms with Crippen LogP contribution in [0.4, 0.5) is 0 Å². The van der Waals surface area contributed by atoms with Gasteiger partial charge >= 0.3 is 0 Å². The SMILES string of the molecule is COc1ccc(-c2ccc(=O)n(CC(=O)N3CCN(C(=O)c4ccco4)CC3)n2)cc1. The fourth-order valence-electron chi connectivity index (χ4n) is 3.42. The standard InChI is InChI=1S/C22H22N4O5/c1-30-17-6-4-16(5-7-17)18-8-9-20(27)26(23-18)15-21(28)24-10-12-25(13-11-24)22(29)19-3-2-14-31-19/h2-9,14H,10-13,15H2,1H3. The van der Waals surface area contributed by atoms with Crippen LogP contribution in [0.1, 0.15) is 10.6 Å². The fourth-order valence-corrected chi connectivity index (χ4v) is 3.42. The van der Waals surface area contributed by atoms with Gasteiger partial charge in [0.1, 0.15) is 12.3 Å². The number of benzene rings is 1. The molecule has 31 heavy (non-hydrogen) atoms. The van der Waals surface area contributed by atoms with E-state index in [1.165, 1.54) is 17.0 Å². The topological polar surface area (TPSA) is 97.9 Å². The Balaban J connectivity index is 1.40. The van der Waals surface area contributed by atoms with Crippen LogP contribution in [0.25, 0.3) is 11.3 Å². The molecule has 1 aromatic carbocycles. The van der Waals surface area contributed by atoms with Crippen molar-refractivity contribution < 1.29 is 18.7 Å². The van der Waals surface area contributed by atoms with Crippen LogP contribution in [0.3, 0.4) is 0 Å². The molecule has 1 saturated heterocycles. The lowest BCUT2D eigenvalue weighted by atomic mass is 10.1. The second kappa shape index (κ2) is 8.86. The van der Waals surface area contributed by atoms with Gasteiger partial charge in [0, 0.05) is 37.8 Å². The summed E-state index contributed by atoms with van der Waals surface area (Å²) < 4.78 is 11.5. The van der Waals surface area contributed by atoms with Gasteiger partial charge in [-0.15, -0.1) is 0 Å². The summed E-state index contributed by atoms with van der Waals surface area (Å²) in [5, 5.41) is 4.35. The van der Waals surface area contributed by atoms with E-state index in [1.54, 1.807) is 47.2 Å². The predicted octanol–water partition coefficient (Wildman–Crippen LogP) is 1.50. The Labute approximate surface area is 178 Å². The Morgan fingerprint density at radius 1 is 1.00 bits per heavy atom. The molecule has 0 aliphatic carbocycles. The molecule has 0 spiro atoms. The Kier molecular flexibility index (Phi) is 5.83. The highest BCUT2D eigenvalue weighted by Gasteiger charge is 2.26. The molecule has 0 atom stereocenters. The number of furan rings is 1. The molecule has 9 heteroatoms. The lowest BCUT2D eigenvalue weighted by Crippen LogP contribution is -2.51. The molecule has 1 aliphatic rings. The first-order valence-electron chi connectivity index (χ1n) is 9.88. The summed E-state index contributed by atoms with van der Waals surface area (Å²) in [5.41, 5.74) is 1.05. The number of piperazine rings is 1. The van der Waals surface area contributed by atoms with Gasteiger partial charge in [-0.3, -0.25) is 14.4 Å². The smallest absolute Gasteiger partial charge is 0.289 e. The summed E-state index contributed by atoms with van der Waals surface area (Å²) in [5.74, 6) is 0.594. The Morgan fingerprint density at radius 3 is 2.35 bits per heavy atom. The summed E-state index contributed by atoms with van der Waals surface area (Å²) in [6, 6.07) is 13.6. The molecular formula is C22H22N4O5. The zero-order valence-electron chi connectivity index (χ0n) is 17.1. The molecule has 0 unspecified atom stereocenters. The van der Waals surface area contributed by atoms with Gasteiger partial charge in [-0.2, -0.15) is 5.10 Å². The summed E-state index contributed by atoms with van der Waals surface area (Å²) in [6.07, 6.45) is 1.46. The molecule has 1 fully saturated rings. The summed E-state index contributed by atoms with van der Waals surface area (Å²) in [7, 11) is 1.59. The summed E-state index contributed by atoms with van der Waals surface area (Å²) >= 11 is 0. The van der Waals surface area contributed by atoms with E-state index in [0.717, 1.165) is 11.3 Å². The number of carbonyl (C=O) groups excluding carboxylic acids is 2. The maximum Gasteiger partial charge on any atom is 0.289 e. The minimum Gasteiger partial charge on any atom is -0.497 e. The van der Waals surface area contributed by atoms with Crippen molar-refractivity contribution in [3.05, 3.63) is 70.9 Å². The second-order valence-corrected chi connectivity index (χ2v) is 7.09. The minimum atomic E-state index is -0.350. The molecule has 4 rings (SSSR count). The molecular weight excluding hydrogens is 400 g/mol. The van der Waals surface area contributed by atoms with Gasteiger partial charge < -0.3 is 19.0 Å². The molecule has 0 saturated carbocycles. The molecule has 0 bridgehead atoms. The maximum atomic E-state index is 12.7. The average Bonchev–Trinajstić information content (AvgIpc) is 3.35. The number of nitrogens with zero attached hydrogens (tertiary/aromatic N) is 4. The van der Waals surface area contributed by atoms with E-state index < -0.39 is 0 Å². The number of rotatable bonds is 5. The van der Waals surface area contributed by atoms with Crippen LogP contribution >= 0.6 is 0 Å². The van der Waals surface area contributed by atoms with Gasteiger partial charge in [0.05, 0.1) is 19.1 Å². The van der Waals surface area contributed by atoms with Crippen molar-refractivity contribution in [1.82, 2.24) is 19.6 Å². The van der Waals surface area contributed by atoms with E-state index in [9.17, 15) is 14.4 Å². The average molecular weight is 422 g/mol. The molecule has 9 nitrogen and oxygen atoms in total. The third-order valence-corrected chi connectivity index (χ3v) is 5.19. The van der Waals surface area contributed by atoms with Crippen LogP contribution in [-0.2, 0) is 11.3 Å². The number of methoxy groups -OCH3 is 1. The van der Waals surface area contributed by atoms with E-state index in [4.69, 9.17) is 9.15 Å². The van der Waals surface area contributed by atoms with Crippen LogP contribution in [0, 0.1) is 0 Å². The van der Waals surface area contributed by atoms with Gasteiger partial charge in [-0.1, -0.05) is 0 Å². The highest BCUT2D eigenvalue weighted by atomic mass is 16.5. The van der Waals surface area contributed by atoms with E-state index in [1.807, 2.05) is 12.1 Å². The van der Waals surface area contributed by atoms with Gasteiger partial charge in [-0.05, 0) is 42.5 Å². The first-order valence-corrected chi connectivity index (χ1v) is 9.88. The first kappa shape index (κ1) is 20.4.